The van der Waals surface area contributed by atoms with Crippen molar-refractivity contribution in [3.8, 4) is 0 Å². The number of primary amides is 1. The van der Waals surface area contributed by atoms with E-state index in [2.05, 4.69) is 20.9 Å². The maximum absolute atomic E-state index is 12.4. The molecule has 0 spiro atoms. The third-order valence-corrected chi connectivity index (χ3v) is 5.09. The maximum atomic E-state index is 12.4. The van der Waals surface area contributed by atoms with E-state index in [1.807, 2.05) is 42.5 Å². The molecule has 1 saturated heterocycles. The van der Waals surface area contributed by atoms with E-state index in [9.17, 15) is 14.4 Å². The highest BCUT2D eigenvalue weighted by atomic mass is 16.2. The molecular weight excluding hydrogens is 382 g/mol. The molecule has 0 saturated carbocycles. The summed E-state index contributed by atoms with van der Waals surface area (Å²) in [6.07, 6.45) is 1.57. The fraction of sp³-hybridized carbons (Fsp3) is 0.318. The van der Waals surface area contributed by atoms with Gasteiger partial charge in [0.15, 0.2) is 0 Å². The van der Waals surface area contributed by atoms with Crippen molar-refractivity contribution in [2.75, 3.05) is 35.2 Å². The Kier molecular flexibility index (Phi) is 7.26. The standard InChI is InChI=1S/C22H27N5O3/c23-21(29)16-11-14-27(15-12-16)19-9-5-4-8-18(19)26-20(28)10-13-24-22(30)25-17-6-2-1-3-7-17/h1-9,16H,10-15H2,(H2,23,29)(H,26,28)(H2,24,25,30). The predicted octanol–water partition coefficient (Wildman–Crippen LogP) is 2.54. The van der Waals surface area contributed by atoms with E-state index in [4.69, 9.17) is 5.73 Å². The van der Waals surface area contributed by atoms with Crippen molar-refractivity contribution in [2.24, 2.45) is 11.7 Å². The summed E-state index contributed by atoms with van der Waals surface area (Å²) in [5.74, 6) is -0.523. The number of anilines is 3. The Bertz CT molecular complexity index is 879. The third kappa shape index (κ3) is 5.97. The molecule has 2 aromatic rings. The van der Waals surface area contributed by atoms with E-state index in [1.54, 1.807) is 12.1 Å². The number of carbonyl (C=O) groups is 3. The number of nitrogens with one attached hydrogen (secondary N) is 3. The lowest BCUT2D eigenvalue weighted by molar-refractivity contribution is -0.122. The molecule has 0 radical (unpaired) electrons. The van der Waals surface area contributed by atoms with Crippen molar-refractivity contribution in [1.29, 1.82) is 0 Å². The minimum Gasteiger partial charge on any atom is -0.370 e. The van der Waals surface area contributed by atoms with Gasteiger partial charge in [-0.2, -0.15) is 0 Å². The highest BCUT2D eigenvalue weighted by Gasteiger charge is 2.24. The van der Waals surface area contributed by atoms with Crippen LogP contribution in [0.3, 0.4) is 0 Å². The lowest BCUT2D eigenvalue weighted by Gasteiger charge is -2.33. The zero-order valence-electron chi connectivity index (χ0n) is 16.8. The smallest absolute Gasteiger partial charge is 0.319 e. The first-order valence-electron chi connectivity index (χ1n) is 10.1. The zero-order valence-corrected chi connectivity index (χ0v) is 16.8. The Labute approximate surface area is 175 Å². The number of para-hydroxylation sites is 3. The summed E-state index contributed by atoms with van der Waals surface area (Å²) in [4.78, 5) is 37.8. The fourth-order valence-corrected chi connectivity index (χ4v) is 3.46. The van der Waals surface area contributed by atoms with E-state index >= 15 is 0 Å². The summed E-state index contributed by atoms with van der Waals surface area (Å²) in [6.45, 7) is 1.64. The van der Waals surface area contributed by atoms with Gasteiger partial charge in [0, 0.05) is 37.7 Å². The number of nitrogens with zero attached hydrogens (tertiary/aromatic N) is 1. The van der Waals surface area contributed by atoms with Gasteiger partial charge in [-0.1, -0.05) is 30.3 Å². The Balaban J connectivity index is 1.47. The van der Waals surface area contributed by atoms with Crippen LogP contribution in [0.15, 0.2) is 54.6 Å². The van der Waals surface area contributed by atoms with Crippen molar-refractivity contribution in [1.82, 2.24) is 5.32 Å². The van der Waals surface area contributed by atoms with Crippen LogP contribution in [0.1, 0.15) is 19.3 Å². The van der Waals surface area contributed by atoms with Crippen molar-refractivity contribution in [3.63, 3.8) is 0 Å². The fourth-order valence-electron chi connectivity index (χ4n) is 3.46. The van der Waals surface area contributed by atoms with Crippen LogP contribution in [0.5, 0.6) is 0 Å². The molecule has 158 valence electrons. The van der Waals surface area contributed by atoms with Gasteiger partial charge in [0.25, 0.3) is 0 Å². The molecule has 1 heterocycles. The van der Waals surface area contributed by atoms with E-state index < -0.39 is 0 Å². The topological polar surface area (TPSA) is 117 Å². The quantitative estimate of drug-likeness (QED) is 0.562. The molecule has 8 heteroatoms. The molecule has 1 fully saturated rings. The molecular formula is C22H27N5O3. The number of piperidine rings is 1. The van der Waals surface area contributed by atoms with Crippen molar-refractivity contribution in [3.05, 3.63) is 54.6 Å². The van der Waals surface area contributed by atoms with Crippen LogP contribution in [0.25, 0.3) is 0 Å². The summed E-state index contributed by atoms with van der Waals surface area (Å²) in [7, 11) is 0. The van der Waals surface area contributed by atoms with Gasteiger partial charge in [-0.15, -0.1) is 0 Å². The molecule has 4 amide bonds. The Morgan fingerprint density at radius 3 is 2.30 bits per heavy atom. The first-order chi connectivity index (χ1) is 14.5. The van der Waals surface area contributed by atoms with Crippen LogP contribution >= 0.6 is 0 Å². The molecule has 0 bridgehead atoms. The van der Waals surface area contributed by atoms with Crippen LogP contribution in [-0.2, 0) is 9.59 Å². The number of hydrogen-bond donors (Lipinski definition) is 4. The summed E-state index contributed by atoms with van der Waals surface area (Å²) in [6, 6.07) is 16.3. The number of hydrogen-bond acceptors (Lipinski definition) is 4. The van der Waals surface area contributed by atoms with E-state index in [1.165, 1.54) is 0 Å². The van der Waals surface area contributed by atoms with Crippen LogP contribution in [0, 0.1) is 5.92 Å². The lowest BCUT2D eigenvalue weighted by Crippen LogP contribution is -2.39. The highest BCUT2D eigenvalue weighted by Crippen LogP contribution is 2.29. The van der Waals surface area contributed by atoms with Gasteiger partial charge in [0.2, 0.25) is 11.8 Å². The highest BCUT2D eigenvalue weighted by molar-refractivity contribution is 5.95. The molecule has 0 atom stereocenters. The van der Waals surface area contributed by atoms with E-state index in [0.717, 1.165) is 5.69 Å². The molecule has 2 aromatic carbocycles. The summed E-state index contributed by atoms with van der Waals surface area (Å²) < 4.78 is 0. The summed E-state index contributed by atoms with van der Waals surface area (Å²) in [5.41, 5.74) is 7.73. The van der Waals surface area contributed by atoms with Gasteiger partial charge in [0.05, 0.1) is 11.4 Å². The molecule has 1 aliphatic rings. The minimum atomic E-state index is -0.355. The van der Waals surface area contributed by atoms with Gasteiger partial charge >= 0.3 is 6.03 Å². The Morgan fingerprint density at radius 2 is 1.60 bits per heavy atom. The number of nitrogens with two attached hydrogens (primary N) is 1. The minimum absolute atomic E-state index is 0.0869. The second-order valence-electron chi connectivity index (χ2n) is 7.23. The molecule has 1 aliphatic heterocycles. The summed E-state index contributed by atoms with van der Waals surface area (Å²) in [5, 5.41) is 8.31. The molecule has 0 unspecified atom stereocenters. The van der Waals surface area contributed by atoms with Gasteiger partial charge in [0.1, 0.15) is 0 Å². The normalized spacial score (nSPS) is 14.1. The van der Waals surface area contributed by atoms with Crippen molar-refractivity contribution < 1.29 is 14.4 Å². The van der Waals surface area contributed by atoms with Crippen molar-refractivity contribution >= 4 is 34.9 Å². The Hall–Kier alpha value is -3.55. The Morgan fingerprint density at radius 1 is 0.933 bits per heavy atom. The van der Waals surface area contributed by atoms with Crippen LogP contribution < -0.4 is 26.6 Å². The first kappa shape index (κ1) is 21.2. The molecule has 30 heavy (non-hydrogen) atoms. The van der Waals surface area contributed by atoms with E-state index in [-0.39, 0.29) is 36.7 Å². The van der Waals surface area contributed by atoms with Crippen LogP contribution in [-0.4, -0.2) is 37.5 Å². The second-order valence-corrected chi connectivity index (χ2v) is 7.23. The predicted molar refractivity (Wildman–Crippen MR) is 117 cm³/mol. The van der Waals surface area contributed by atoms with Crippen LogP contribution in [0.4, 0.5) is 21.9 Å². The molecule has 8 nitrogen and oxygen atoms in total. The first-order valence-corrected chi connectivity index (χ1v) is 10.1. The zero-order chi connectivity index (χ0) is 21.3. The summed E-state index contributed by atoms with van der Waals surface area (Å²) >= 11 is 0. The average Bonchev–Trinajstić information content (AvgIpc) is 2.75. The molecule has 5 N–H and O–H groups in total. The largest absolute Gasteiger partial charge is 0.370 e. The number of urea groups is 1. The van der Waals surface area contributed by atoms with Gasteiger partial charge in [-0.3, -0.25) is 9.59 Å². The lowest BCUT2D eigenvalue weighted by atomic mass is 9.96. The third-order valence-electron chi connectivity index (χ3n) is 5.09. The van der Waals surface area contributed by atoms with Gasteiger partial charge in [-0.25, -0.2) is 4.79 Å². The average molecular weight is 409 g/mol. The number of rotatable bonds is 7. The van der Waals surface area contributed by atoms with Crippen molar-refractivity contribution in [2.45, 2.75) is 19.3 Å². The monoisotopic (exact) mass is 409 g/mol. The van der Waals surface area contributed by atoms with Gasteiger partial charge in [-0.05, 0) is 37.1 Å². The van der Waals surface area contributed by atoms with Gasteiger partial charge < -0.3 is 26.6 Å². The molecule has 0 aromatic heterocycles. The molecule has 0 aliphatic carbocycles. The van der Waals surface area contributed by atoms with Crippen LogP contribution in [0.2, 0.25) is 0 Å². The number of carbonyl (C=O) groups excluding carboxylic acids is 3. The maximum Gasteiger partial charge on any atom is 0.319 e. The SMILES string of the molecule is NC(=O)C1CCN(c2ccccc2NC(=O)CCNC(=O)Nc2ccccc2)CC1. The second kappa shape index (κ2) is 10.3. The number of amides is 4. The number of benzene rings is 2. The molecule has 3 rings (SSSR count). The van der Waals surface area contributed by atoms with E-state index in [0.29, 0.717) is 37.3 Å².